The number of hydrogen-bond acceptors (Lipinski definition) is 5. The monoisotopic (exact) mass is 340 g/mol. The van der Waals surface area contributed by atoms with Gasteiger partial charge in [-0.1, -0.05) is 36.4 Å². The van der Waals surface area contributed by atoms with E-state index >= 15 is 0 Å². The molecule has 0 amide bonds. The molecule has 1 aliphatic rings. The molecule has 1 aliphatic heterocycles. The summed E-state index contributed by atoms with van der Waals surface area (Å²) in [5.74, 6) is -1.15. The molecule has 1 atom stereocenters. The summed E-state index contributed by atoms with van der Waals surface area (Å²) in [5, 5.41) is 3.76. The van der Waals surface area contributed by atoms with Crippen LogP contribution in [0.4, 0.5) is 0 Å². The van der Waals surface area contributed by atoms with Gasteiger partial charge in [-0.05, 0) is 41.0 Å². The number of rotatable bonds is 5. The summed E-state index contributed by atoms with van der Waals surface area (Å²) in [6.45, 7) is 1.92. The van der Waals surface area contributed by atoms with Crippen LogP contribution in [0.1, 0.15) is 18.1 Å². The minimum Gasteiger partial charge on any atom is -0.463 e. The van der Waals surface area contributed by atoms with Crippen molar-refractivity contribution in [3.8, 4) is 0 Å². The van der Waals surface area contributed by atoms with Crippen molar-refractivity contribution in [2.24, 2.45) is 0 Å². The molecular formula is C19H16O4S. The zero-order valence-electron chi connectivity index (χ0n) is 13.1. The van der Waals surface area contributed by atoms with E-state index < -0.39 is 17.5 Å². The molecule has 122 valence electrons. The Balaban J connectivity index is 2.06. The van der Waals surface area contributed by atoms with E-state index in [1.165, 1.54) is 17.4 Å². The normalized spacial score (nSPS) is 20.0. The van der Waals surface area contributed by atoms with Crippen molar-refractivity contribution in [2.45, 2.75) is 12.5 Å². The average molecular weight is 340 g/mol. The standard InChI is InChI=1S/C19H16O4S/c1-2-22-18(21)19(10-8-14-6-4-3-5-7-14)16(12-17(20)23-19)15-9-11-24-13-15/h3-13H,2H2,1H3/b10-8+. The summed E-state index contributed by atoms with van der Waals surface area (Å²) in [4.78, 5) is 24.6. The fraction of sp³-hybridized carbons (Fsp3) is 0.158. The van der Waals surface area contributed by atoms with Crippen LogP contribution in [0.25, 0.3) is 11.6 Å². The van der Waals surface area contributed by atoms with Crippen molar-refractivity contribution in [1.82, 2.24) is 0 Å². The predicted octanol–water partition coefficient (Wildman–Crippen LogP) is 3.70. The Kier molecular flexibility index (Phi) is 4.62. The summed E-state index contributed by atoms with van der Waals surface area (Å²) in [6, 6.07) is 11.4. The largest absolute Gasteiger partial charge is 0.463 e. The van der Waals surface area contributed by atoms with Crippen molar-refractivity contribution in [2.75, 3.05) is 6.61 Å². The Bertz CT molecular complexity index is 790. The van der Waals surface area contributed by atoms with Crippen LogP contribution in [0, 0.1) is 0 Å². The lowest BCUT2D eigenvalue weighted by molar-refractivity contribution is -0.165. The molecule has 5 heteroatoms. The Morgan fingerprint density at radius 3 is 2.75 bits per heavy atom. The van der Waals surface area contributed by atoms with Gasteiger partial charge >= 0.3 is 11.9 Å². The Morgan fingerprint density at radius 2 is 2.08 bits per heavy atom. The number of thiophene rings is 1. The summed E-state index contributed by atoms with van der Waals surface area (Å²) in [7, 11) is 0. The average Bonchev–Trinajstić information content (AvgIpc) is 3.22. The number of esters is 2. The van der Waals surface area contributed by atoms with E-state index in [-0.39, 0.29) is 6.61 Å². The molecule has 0 aliphatic carbocycles. The van der Waals surface area contributed by atoms with E-state index in [2.05, 4.69) is 0 Å². The van der Waals surface area contributed by atoms with E-state index in [4.69, 9.17) is 9.47 Å². The predicted molar refractivity (Wildman–Crippen MR) is 93.2 cm³/mol. The van der Waals surface area contributed by atoms with Gasteiger partial charge in [0.05, 0.1) is 6.61 Å². The highest BCUT2D eigenvalue weighted by Crippen LogP contribution is 2.39. The molecule has 0 saturated carbocycles. The topological polar surface area (TPSA) is 52.6 Å². The minimum absolute atomic E-state index is 0.203. The van der Waals surface area contributed by atoms with E-state index in [0.29, 0.717) is 5.57 Å². The van der Waals surface area contributed by atoms with Crippen LogP contribution in [-0.4, -0.2) is 24.1 Å². The smallest absolute Gasteiger partial charge is 0.359 e. The van der Waals surface area contributed by atoms with Gasteiger partial charge in [0.15, 0.2) is 0 Å². The third kappa shape index (κ3) is 3.03. The van der Waals surface area contributed by atoms with Gasteiger partial charge in [0.2, 0.25) is 0 Å². The fourth-order valence-corrected chi connectivity index (χ4v) is 3.20. The van der Waals surface area contributed by atoms with Crippen LogP contribution >= 0.6 is 11.3 Å². The lowest BCUT2D eigenvalue weighted by Crippen LogP contribution is -2.40. The maximum absolute atomic E-state index is 12.7. The van der Waals surface area contributed by atoms with E-state index in [1.54, 1.807) is 19.1 Å². The number of carbonyl (C=O) groups is 2. The second-order valence-corrected chi connectivity index (χ2v) is 5.97. The van der Waals surface area contributed by atoms with Crippen LogP contribution in [0.3, 0.4) is 0 Å². The molecule has 1 unspecified atom stereocenters. The highest BCUT2D eigenvalue weighted by atomic mass is 32.1. The summed E-state index contributed by atoms with van der Waals surface area (Å²) in [5.41, 5.74) is 0.620. The van der Waals surface area contributed by atoms with Gasteiger partial charge in [0, 0.05) is 11.6 Å². The van der Waals surface area contributed by atoms with Crippen LogP contribution < -0.4 is 0 Å². The van der Waals surface area contributed by atoms with Crippen molar-refractivity contribution >= 4 is 34.9 Å². The van der Waals surface area contributed by atoms with E-state index in [1.807, 2.05) is 47.2 Å². The second-order valence-electron chi connectivity index (χ2n) is 5.19. The first-order chi connectivity index (χ1) is 11.7. The first kappa shape index (κ1) is 16.2. The van der Waals surface area contributed by atoms with Crippen molar-refractivity contribution < 1.29 is 19.1 Å². The Labute approximate surface area is 144 Å². The molecule has 0 radical (unpaired) electrons. The SMILES string of the molecule is CCOC(=O)C1(/C=C/c2ccccc2)OC(=O)C=C1c1ccsc1. The molecule has 24 heavy (non-hydrogen) atoms. The van der Waals surface area contributed by atoms with Gasteiger partial charge in [-0.15, -0.1) is 0 Å². The van der Waals surface area contributed by atoms with Gasteiger partial charge in [0.1, 0.15) is 0 Å². The number of carbonyl (C=O) groups excluding carboxylic acids is 2. The zero-order chi connectivity index (χ0) is 17.0. The lowest BCUT2D eigenvalue weighted by Gasteiger charge is -2.25. The van der Waals surface area contributed by atoms with Crippen molar-refractivity contribution in [3.05, 3.63) is 70.4 Å². The molecule has 2 aromatic rings. The van der Waals surface area contributed by atoms with Gasteiger partial charge in [-0.25, -0.2) is 9.59 Å². The third-order valence-electron chi connectivity index (χ3n) is 3.64. The Hall–Kier alpha value is -2.66. The molecule has 0 spiro atoms. The second kappa shape index (κ2) is 6.84. The molecule has 1 aromatic carbocycles. The van der Waals surface area contributed by atoms with Crippen molar-refractivity contribution in [1.29, 1.82) is 0 Å². The van der Waals surface area contributed by atoms with Crippen LogP contribution in [0.2, 0.25) is 0 Å². The number of cyclic esters (lactones) is 1. The fourth-order valence-electron chi connectivity index (χ4n) is 2.54. The minimum atomic E-state index is -1.55. The van der Waals surface area contributed by atoms with Gasteiger partial charge in [0.25, 0.3) is 5.60 Å². The first-order valence-electron chi connectivity index (χ1n) is 7.55. The molecule has 1 aromatic heterocycles. The summed E-state index contributed by atoms with van der Waals surface area (Å²) < 4.78 is 10.6. The first-order valence-corrected chi connectivity index (χ1v) is 8.49. The number of ether oxygens (including phenoxy) is 2. The summed E-state index contributed by atoms with van der Waals surface area (Å²) >= 11 is 1.48. The van der Waals surface area contributed by atoms with E-state index in [0.717, 1.165) is 11.1 Å². The van der Waals surface area contributed by atoms with E-state index in [9.17, 15) is 9.59 Å². The van der Waals surface area contributed by atoms with Crippen molar-refractivity contribution in [3.63, 3.8) is 0 Å². The summed E-state index contributed by atoms with van der Waals surface area (Å²) in [6.07, 6.45) is 4.71. The zero-order valence-corrected chi connectivity index (χ0v) is 13.9. The maximum Gasteiger partial charge on any atom is 0.359 e. The van der Waals surface area contributed by atoms with Gasteiger partial charge in [-0.2, -0.15) is 11.3 Å². The molecule has 4 nitrogen and oxygen atoms in total. The molecule has 0 N–H and O–H groups in total. The maximum atomic E-state index is 12.7. The molecule has 2 heterocycles. The molecule has 3 rings (SSSR count). The molecule has 0 fully saturated rings. The lowest BCUT2D eigenvalue weighted by atomic mass is 9.89. The van der Waals surface area contributed by atoms with Crippen LogP contribution in [-0.2, 0) is 19.1 Å². The van der Waals surface area contributed by atoms with Gasteiger partial charge in [-0.3, -0.25) is 0 Å². The molecule has 0 saturated heterocycles. The van der Waals surface area contributed by atoms with Crippen LogP contribution in [0.15, 0.2) is 59.3 Å². The number of hydrogen-bond donors (Lipinski definition) is 0. The highest BCUT2D eigenvalue weighted by Gasteiger charge is 2.50. The molecule has 0 bridgehead atoms. The molecular weight excluding hydrogens is 324 g/mol. The Morgan fingerprint density at radius 1 is 1.29 bits per heavy atom. The van der Waals surface area contributed by atoms with Crippen LogP contribution in [0.5, 0.6) is 0 Å². The van der Waals surface area contributed by atoms with Gasteiger partial charge < -0.3 is 9.47 Å². The highest BCUT2D eigenvalue weighted by molar-refractivity contribution is 7.08. The quantitative estimate of drug-likeness (QED) is 0.779. The number of benzene rings is 1. The third-order valence-corrected chi connectivity index (χ3v) is 4.33.